The molecule has 46 heavy (non-hydrogen) atoms. The van der Waals surface area contributed by atoms with Gasteiger partial charge in [-0.05, 0) is 93.0 Å². The van der Waals surface area contributed by atoms with Gasteiger partial charge in [-0.2, -0.15) is 0 Å². The minimum atomic E-state index is -0.0744. The molecule has 7 heteroatoms. The molecule has 0 spiro atoms. The van der Waals surface area contributed by atoms with Crippen LogP contribution in [-0.4, -0.2) is 48.5 Å². The average molecular weight is 639 g/mol. The van der Waals surface area contributed by atoms with E-state index in [0.29, 0.717) is 41.6 Å². The number of ketones is 1. The monoisotopic (exact) mass is 638 g/mol. The maximum absolute atomic E-state index is 13.6. The largest absolute Gasteiger partial charge is 0.496 e. The Hall–Kier alpha value is -3.35. The molecule has 0 aliphatic carbocycles. The van der Waals surface area contributed by atoms with Crippen LogP contribution in [0.2, 0.25) is 0 Å². The van der Waals surface area contributed by atoms with Crippen molar-refractivity contribution in [3.8, 4) is 22.6 Å². The highest BCUT2D eigenvalue weighted by Gasteiger charge is 2.25. The van der Waals surface area contributed by atoms with Crippen LogP contribution in [0.25, 0.3) is 11.1 Å². The Morgan fingerprint density at radius 1 is 0.957 bits per heavy atom. The number of rotatable bonds is 15. The van der Waals surface area contributed by atoms with E-state index in [0.717, 1.165) is 67.2 Å². The van der Waals surface area contributed by atoms with Gasteiger partial charge in [0.25, 0.3) is 11.5 Å². The maximum atomic E-state index is 13.6. The van der Waals surface area contributed by atoms with Crippen molar-refractivity contribution in [1.29, 1.82) is 0 Å². The third kappa shape index (κ3) is 12.1. The van der Waals surface area contributed by atoms with Crippen molar-refractivity contribution in [2.75, 3.05) is 27.3 Å². The summed E-state index contributed by atoms with van der Waals surface area (Å²) >= 11 is 0. The van der Waals surface area contributed by atoms with Crippen molar-refractivity contribution < 1.29 is 19.1 Å². The number of carbonyl (C=O) groups excluding carboxylic acids is 2. The zero-order valence-electron chi connectivity index (χ0n) is 31.2. The van der Waals surface area contributed by atoms with Crippen molar-refractivity contribution in [2.24, 2.45) is 18.4 Å². The lowest BCUT2D eigenvalue weighted by atomic mass is 9.90. The van der Waals surface area contributed by atoms with Crippen molar-refractivity contribution in [1.82, 2.24) is 9.47 Å². The molecule has 0 saturated heterocycles. The summed E-state index contributed by atoms with van der Waals surface area (Å²) in [5.74, 6) is 1.75. The molecule has 0 fully saturated rings. The van der Waals surface area contributed by atoms with Crippen LogP contribution in [0.3, 0.4) is 0 Å². The Balaban J connectivity index is 0.000000685. The van der Waals surface area contributed by atoms with Gasteiger partial charge in [-0.3, -0.25) is 14.4 Å². The number of hydrogen-bond donors (Lipinski definition) is 0. The predicted octanol–water partition coefficient (Wildman–Crippen LogP) is 9.10. The molecule has 0 saturated carbocycles. The van der Waals surface area contributed by atoms with Gasteiger partial charge in [0.15, 0.2) is 5.78 Å². The minimum absolute atomic E-state index is 0.0189. The quantitative estimate of drug-likeness (QED) is 0.182. The van der Waals surface area contributed by atoms with Crippen LogP contribution in [0.15, 0.2) is 34.8 Å². The molecule has 0 aliphatic rings. The molecule has 1 heterocycles. The second kappa shape index (κ2) is 19.3. The number of benzene rings is 1. The topological polar surface area (TPSA) is 77.8 Å². The number of unbranched alkanes of at least 4 members (excludes halogenated alkanes) is 1. The molecule has 0 aliphatic heterocycles. The van der Waals surface area contributed by atoms with Gasteiger partial charge in [0, 0.05) is 37.5 Å². The highest BCUT2D eigenvalue weighted by molar-refractivity contribution is 6.01. The first kappa shape index (κ1) is 40.7. The maximum Gasteiger partial charge on any atom is 0.261 e. The predicted molar refractivity (Wildman–Crippen MR) is 192 cm³/mol. The molecule has 258 valence electrons. The summed E-state index contributed by atoms with van der Waals surface area (Å²) in [6.45, 7) is 21.9. The average Bonchev–Trinajstić information content (AvgIpc) is 3.01. The number of nitrogens with zero attached hydrogens (tertiary/aromatic N) is 2. The zero-order chi connectivity index (χ0) is 35.2. The molecule has 0 radical (unpaired) electrons. The molecule has 1 unspecified atom stereocenters. The number of allylic oxidation sites excluding steroid dienone is 2. The lowest BCUT2D eigenvalue weighted by Gasteiger charge is -2.25. The van der Waals surface area contributed by atoms with Gasteiger partial charge in [0.05, 0.1) is 14.2 Å². The Kier molecular flexibility index (Phi) is 17.1. The molecule has 1 amide bonds. The Labute approximate surface area is 279 Å². The van der Waals surface area contributed by atoms with Crippen molar-refractivity contribution in [2.45, 2.75) is 114 Å². The van der Waals surface area contributed by atoms with E-state index in [4.69, 9.17) is 9.47 Å². The Bertz CT molecular complexity index is 1350. The molecular formula is C39H62N2O5. The van der Waals surface area contributed by atoms with E-state index in [1.165, 1.54) is 0 Å². The lowest BCUT2D eigenvalue weighted by molar-refractivity contribution is -0.113. The Morgan fingerprint density at radius 2 is 1.54 bits per heavy atom. The molecule has 0 N–H and O–H groups in total. The minimum Gasteiger partial charge on any atom is -0.496 e. The highest BCUT2D eigenvalue weighted by atomic mass is 16.5. The fraction of sp³-hybridized carbons (Fsp3) is 0.615. The van der Waals surface area contributed by atoms with E-state index in [2.05, 4.69) is 54.5 Å². The molecule has 1 aromatic heterocycles. The number of methoxy groups -OCH3 is 2. The van der Waals surface area contributed by atoms with Gasteiger partial charge < -0.3 is 18.9 Å². The summed E-state index contributed by atoms with van der Waals surface area (Å²) < 4.78 is 13.0. The van der Waals surface area contributed by atoms with Gasteiger partial charge in [0.1, 0.15) is 17.1 Å². The third-order valence-electron chi connectivity index (χ3n) is 8.42. The van der Waals surface area contributed by atoms with Crippen LogP contribution in [-0.2, 0) is 11.8 Å². The van der Waals surface area contributed by atoms with Gasteiger partial charge in [-0.1, -0.05) is 67.4 Å². The third-order valence-corrected chi connectivity index (χ3v) is 8.42. The lowest BCUT2D eigenvalue weighted by Crippen LogP contribution is -2.33. The van der Waals surface area contributed by atoms with E-state index >= 15 is 0 Å². The van der Waals surface area contributed by atoms with Crippen LogP contribution < -0.4 is 15.0 Å². The summed E-state index contributed by atoms with van der Waals surface area (Å²) in [6.07, 6.45) is 11.2. The summed E-state index contributed by atoms with van der Waals surface area (Å²) in [5, 5.41) is 0. The fourth-order valence-corrected chi connectivity index (χ4v) is 5.36. The number of pyridine rings is 1. The first-order valence-electron chi connectivity index (χ1n) is 17.0. The van der Waals surface area contributed by atoms with Crippen LogP contribution in [0, 0.1) is 25.2 Å². The molecule has 7 nitrogen and oxygen atoms in total. The SMILES string of the molecule is CCCC/C(=C\C(C)(C)C)C(C)=O.CCCN(CCCC(C)CC)C(=O)c1c(OC)cc(-c2cn(C)c(=O)c(C)c2C)cc1OC. The van der Waals surface area contributed by atoms with Crippen LogP contribution in [0.4, 0.5) is 0 Å². The van der Waals surface area contributed by atoms with E-state index in [1.807, 2.05) is 37.1 Å². The summed E-state index contributed by atoms with van der Waals surface area (Å²) in [4.78, 5) is 39.1. The number of carbonyl (C=O) groups is 2. The number of aromatic nitrogens is 1. The molecule has 2 aromatic rings. The fourth-order valence-electron chi connectivity index (χ4n) is 5.36. The second-order valence-corrected chi connectivity index (χ2v) is 13.6. The van der Waals surface area contributed by atoms with Gasteiger partial charge in [0.2, 0.25) is 0 Å². The van der Waals surface area contributed by atoms with Crippen LogP contribution >= 0.6 is 0 Å². The number of amides is 1. The van der Waals surface area contributed by atoms with Gasteiger partial charge in [-0.25, -0.2) is 0 Å². The molecular weight excluding hydrogens is 576 g/mol. The number of aryl methyl sites for hydroxylation is 1. The zero-order valence-corrected chi connectivity index (χ0v) is 31.2. The molecule has 2 rings (SSSR count). The first-order valence-corrected chi connectivity index (χ1v) is 17.0. The summed E-state index contributed by atoms with van der Waals surface area (Å²) in [7, 11) is 4.88. The van der Waals surface area contributed by atoms with Crippen molar-refractivity contribution in [3.05, 3.63) is 57.0 Å². The van der Waals surface area contributed by atoms with Gasteiger partial charge in [-0.15, -0.1) is 0 Å². The van der Waals surface area contributed by atoms with Crippen molar-refractivity contribution in [3.63, 3.8) is 0 Å². The van der Waals surface area contributed by atoms with E-state index in [1.54, 1.807) is 32.8 Å². The number of ether oxygens (including phenoxy) is 2. The van der Waals surface area contributed by atoms with E-state index < -0.39 is 0 Å². The van der Waals surface area contributed by atoms with Crippen LogP contribution in [0.5, 0.6) is 11.5 Å². The van der Waals surface area contributed by atoms with Crippen LogP contribution in [0.1, 0.15) is 122 Å². The standard InChI is InChI=1S/C27H40N2O4.C12H22O/c1-9-13-29(14-11-12-18(3)10-2)27(31)25-23(32-7)15-21(16-24(25)33-8)22-17-28(6)26(30)20(5)19(22)4;1-6-7-8-11(10(2)13)9-12(3,4)5/h15-18H,9-14H2,1-8H3;9H,6-8H2,1-5H3/b;11-9+. The summed E-state index contributed by atoms with van der Waals surface area (Å²) in [6, 6.07) is 3.73. The van der Waals surface area contributed by atoms with Gasteiger partial charge >= 0.3 is 0 Å². The summed E-state index contributed by atoms with van der Waals surface area (Å²) in [5.41, 5.74) is 4.89. The highest BCUT2D eigenvalue weighted by Crippen LogP contribution is 2.37. The van der Waals surface area contributed by atoms with Crippen molar-refractivity contribution >= 4 is 11.7 Å². The first-order chi connectivity index (χ1) is 21.6. The normalized spacial score (nSPS) is 12.2. The van der Waals surface area contributed by atoms with E-state index in [9.17, 15) is 14.4 Å². The smallest absolute Gasteiger partial charge is 0.261 e. The number of Topliss-reactive ketones (excluding diaryl/α,β-unsaturated/α-hetero) is 1. The number of hydrogen-bond acceptors (Lipinski definition) is 5. The second-order valence-electron chi connectivity index (χ2n) is 13.6. The molecule has 0 bridgehead atoms. The molecule has 1 atom stereocenters. The Morgan fingerprint density at radius 3 is 2.00 bits per heavy atom. The van der Waals surface area contributed by atoms with E-state index in [-0.39, 0.29) is 22.7 Å². The molecule has 1 aromatic carbocycles.